The molecule has 0 amide bonds. The molecule has 1 aliphatic carbocycles. The van der Waals surface area contributed by atoms with Crippen LogP contribution in [0.25, 0.3) is 0 Å². The lowest BCUT2D eigenvalue weighted by Gasteiger charge is -2.45. The molecule has 1 saturated carbocycles. The zero-order valence-electron chi connectivity index (χ0n) is 16.3. The first-order valence-corrected chi connectivity index (χ1v) is 12.2. The van der Waals surface area contributed by atoms with Crippen LogP contribution < -0.4 is 0 Å². The summed E-state index contributed by atoms with van der Waals surface area (Å²) in [4.78, 5) is 0. The Kier molecular flexibility index (Phi) is 3.94. The first-order valence-electron chi connectivity index (χ1n) is 9.31. The smallest absolute Gasteiger partial charge is 0.192 e. The number of ether oxygens (including phenoxy) is 1. The third kappa shape index (κ3) is 2.74. The molecule has 3 rings (SSSR count). The Hall–Kier alpha value is 0.0969. The number of fused-ring (bicyclic) bond motifs is 5. The van der Waals surface area contributed by atoms with Gasteiger partial charge in [-0.1, -0.05) is 34.6 Å². The zero-order chi connectivity index (χ0) is 17.4. The normalized spacial score (nSPS) is 46.0. The van der Waals surface area contributed by atoms with E-state index in [1.165, 1.54) is 0 Å². The van der Waals surface area contributed by atoms with E-state index in [1.807, 2.05) is 0 Å². The predicted molar refractivity (Wildman–Crippen MR) is 96.0 cm³/mol. The van der Waals surface area contributed by atoms with Gasteiger partial charge in [-0.15, -0.1) is 0 Å². The van der Waals surface area contributed by atoms with Crippen LogP contribution in [0.5, 0.6) is 0 Å². The van der Waals surface area contributed by atoms with E-state index in [-0.39, 0.29) is 34.2 Å². The van der Waals surface area contributed by atoms with Gasteiger partial charge in [-0.25, -0.2) is 0 Å². The first-order chi connectivity index (χ1) is 10.3. The van der Waals surface area contributed by atoms with Gasteiger partial charge in [0.2, 0.25) is 0 Å². The molecule has 6 unspecified atom stereocenters. The molecular formula is C19H36O3Si. The Labute approximate surface area is 143 Å². The Balaban J connectivity index is 1.79. The van der Waals surface area contributed by atoms with Gasteiger partial charge in [0.25, 0.3) is 0 Å². The van der Waals surface area contributed by atoms with Crippen molar-refractivity contribution in [1.82, 2.24) is 0 Å². The summed E-state index contributed by atoms with van der Waals surface area (Å²) >= 11 is 0. The summed E-state index contributed by atoms with van der Waals surface area (Å²) in [7, 11) is -1.76. The maximum atomic E-state index is 10.9. The van der Waals surface area contributed by atoms with Crippen LogP contribution in [0, 0.1) is 17.3 Å². The van der Waals surface area contributed by atoms with E-state index in [0.717, 1.165) is 19.3 Å². The largest absolute Gasteiger partial charge is 0.414 e. The molecule has 3 nitrogen and oxygen atoms in total. The minimum atomic E-state index is -1.76. The third-order valence-electron chi connectivity index (χ3n) is 7.36. The average Bonchev–Trinajstić information content (AvgIpc) is 2.68. The van der Waals surface area contributed by atoms with Gasteiger partial charge >= 0.3 is 0 Å². The highest BCUT2D eigenvalue weighted by Crippen LogP contribution is 2.61. The van der Waals surface area contributed by atoms with E-state index < -0.39 is 8.32 Å². The summed E-state index contributed by atoms with van der Waals surface area (Å²) in [6.45, 7) is 18.2. The van der Waals surface area contributed by atoms with Crippen LogP contribution in [-0.4, -0.2) is 37.3 Å². The van der Waals surface area contributed by atoms with Crippen molar-refractivity contribution in [2.75, 3.05) is 0 Å². The van der Waals surface area contributed by atoms with Gasteiger partial charge in [-0.05, 0) is 49.2 Å². The lowest BCUT2D eigenvalue weighted by molar-refractivity contribution is -0.142. The van der Waals surface area contributed by atoms with Crippen molar-refractivity contribution in [1.29, 1.82) is 0 Å². The van der Waals surface area contributed by atoms with Crippen LogP contribution in [0.1, 0.15) is 60.8 Å². The molecule has 1 N–H and O–H groups in total. The molecule has 2 saturated heterocycles. The lowest BCUT2D eigenvalue weighted by Crippen LogP contribution is -2.51. The van der Waals surface area contributed by atoms with Gasteiger partial charge in [0, 0.05) is 12.3 Å². The molecule has 0 radical (unpaired) electrons. The van der Waals surface area contributed by atoms with E-state index in [1.54, 1.807) is 0 Å². The lowest BCUT2D eigenvalue weighted by atomic mass is 9.78. The third-order valence-corrected chi connectivity index (χ3v) is 11.9. The minimum Gasteiger partial charge on any atom is -0.414 e. The molecule has 2 aliphatic heterocycles. The standard InChI is InChI=1S/C19H36O3Si/c1-17(2,3)23(7,8)22-12-9-14-13-11-18(4,5)16(20)15(13)19(6,10-12)21-14/h12-16,20H,9-11H2,1-8H3. The molecule has 0 aromatic rings. The van der Waals surface area contributed by atoms with E-state index in [2.05, 4.69) is 54.6 Å². The second kappa shape index (κ2) is 5.06. The second-order valence-electron chi connectivity index (χ2n) is 10.7. The molecule has 0 spiro atoms. The Bertz CT molecular complexity index is 481. The highest BCUT2D eigenvalue weighted by Gasteiger charge is 2.65. The summed E-state index contributed by atoms with van der Waals surface area (Å²) in [6.07, 6.45) is 3.32. The predicted octanol–water partition coefficient (Wildman–Crippen LogP) is 4.35. The first kappa shape index (κ1) is 17.9. The summed E-state index contributed by atoms with van der Waals surface area (Å²) in [6, 6.07) is 0. The quantitative estimate of drug-likeness (QED) is 0.760. The number of aliphatic hydroxyl groups is 1. The molecule has 23 heavy (non-hydrogen) atoms. The van der Waals surface area contributed by atoms with Gasteiger partial charge in [-0.3, -0.25) is 0 Å². The van der Waals surface area contributed by atoms with E-state index in [9.17, 15) is 5.11 Å². The minimum absolute atomic E-state index is 0.0196. The molecular weight excluding hydrogens is 304 g/mol. The molecule has 134 valence electrons. The SMILES string of the molecule is CC1(C)CC2C3CC(O[Si](C)(C)C(C)(C)C)CC(C)(O3)C2C1O. The Morgan fingerprint density at radius 1 is 1.13 bits per heavy atom. The van der Waals surface area contributed by atoms with Gasteiger partial charge in [0.1, 0.15) is 0 Å². The maximum absolute atomic E-state index is 10.9. The van der Waals surface area contributed by atoms with E-state index in [0.29, 0.717) is 12.0 Å². The van der Waals surface area contributed by atoms with Crippen LogP contribution in [0.2, 0.25) is 18.1 Å². The van der Waals surface area contributed by atoms with Crippen LogP contribution in [0.15, 0.2) is 0 Å². The van der Waals surface area contributed by atoms with Crippen molar-refractivity contribution in [2.45, 2.75) is 103 Å². The Morgan fingerprint density at radius 3 is 2.30 bits per heavy atom. The van der Waals surface area contributed by atoms with E-state index >= 15 is 0 Å². The van der Waals surface area contributed by atoms with Crippen LogP contribution >= 0.6 is 0 Å². The second-order valence-corrected chi connectivity index (χ2v) is 15.5. The number of aliphatic hydroxyl groups excluding tert-OH is 1. The van der Waals surface area contributed by atoms with Crippen LogP contribution in [0.4, 0.5) is 0 Å². The molecule has 3 fully saturated rings. The van der Waals surface area contributed by atoms with Gasteiger partial charge in [-0.2, -0.15) is 0 Å². The molecule has 2 heterocycles. The fourth-order valence-electron chi connectivity index (χ4n) is 5.12. The molecule has 2 bridgehead atoms. The summed E-state index contributed by atoms with van der Waals surface area (Å²) in [5.41, 5.74) is -0.195. The number of hydrogen-bond donors (Lipinski definition) is 1. The van der Waals surface area contributed by atoms with Crippen molar-refractivity contribution < 1.29 is 14.3 Å². The average molecular weight is 341 g/mol. The highest BCUT2D eigenvalue weighted by atomic mass is 28.4. The molecule has 4 heteroatoms. The number of rotatable bonds is 2. The van der Waals surface area contributed by atoms with Crippen molar-refractivity contribution in [3.63, 3.8) is 0 Å². The molecule has 0 aromatic carbocycles. The van der Waals surface area contributed by atoms with Crippen molar-refractivity contribution in [3.05, 3.63) is 0 Å². The molecule has 0 aromatic heterocycles. The summed E-state index contributed by atoms with van der Waals surface area (Å²) < 4.78 is 13.1. The summed E-state index contributed by atoms with van der Waals surface area (Å²) in [5.74, 6) is 0.772. The van der Waals surface area contributed by atoms with Gasteiger partial charge in [0.05, 0.1) is 23.9 Å². The van der Waals surface area contributed by atoms with E-state index in [4.69, 9.17) is 9.16 Å². The molecule has 6 atom stereocenters. The van der Waals surface area contributed by atoms with Crippen molar-refractivity contribution in [2.24, 2.45) is 17.3 Å². The zero-order valence-corrected chi connectivity index (χ0v) is 17.3. The fourth-order valence-corrected chi connectivity index (χ4v) is 6.49. The number of hydrogen-bond acceptors (Lipinski definition) is 3. The fraction of sp³-hybridized carbons (Fsp3) is 1.00. The topological polar surface area (TPSA) is 38.7 Å². The monoisotopic (exact) mass is 340 g/mol. The van der Waals surface area contributed by atoms with Crippen molar-refractivity contribution in [3.8, 4) is 0 Å². The van der Waals surface area contributed by atoms with Gasteiger partial charge in [0.15, 0.2) is 8.32 Å². The van der Waals surface area contributed by atoms with Crippen LogP contribution in [-0.2, 0) is 9.16 Å². The highest BCUT2D eigenvalue weighted by molar-refractivity contribution is 6.74. The molecule has 3 aliphatic rings. The summed E-state index contributed by atoms with van der Waals surface area (Å²) in [5, 5.41) is 11.1. The maximum Gasteiger partial charge on any atom is 0.192 e. The van der Waals surface area contributed by atoms with Crippen LogP contribution in [0.3, 0.4) is 0 Å². The van der Waals surface area contributed by atoms with Gasteiger partial charge < -0.3 is 14.3 Å². The van der Waals surface area contributed by atoms with Crippen molar-refractivity contribution >= 4 is 8.32 Å². The Morgan fingerprint density at radius 2 is 1.74 bits per heavy atom.